The van der Waals surface area contributed by atoms with Crippen molar-refractivity contribution < 1.29 is 13.2 Å². The Bertz CT molecular complexity index is 1000. The molecule has 1 amide bonds. The number of carbonyl (C=O) groups is 1. The number of amides is 1. The highest BCUT2D eigenvalue weighted by molar-refractivity contribution is 7.93. The quantitative estimate of drug-likeness (QED) is 0.537. The van der Waals surface area contributed by atoms with Gasteiger partial charge in [0.05, 0.1) is 15.1 Å². The molecule has 3 rings (SSSR count). The minimum absolute atomic E-state index is 0.132. The van der Waals surface area contributed by atoms with Crippen molar-refractivity contribution in [3.05, 3.63) is 54.6 Å². The fraction of sp³-hybridized carbons (Fsp3) is 0.300. The molecule has 0 saturated heterocycles. The van der Waals surface area contributed by atoms with Gasteiger partial charge < -0.3 is 5.32 Å². The molecule has 1 aromatic heterocycles. The molecule has 0 unspecified atom stereocenters. The summed E-state index contributed by atoms with van der Waals surface area (Å²) in [6.45, 7) is 2.32. The van der Waals surface area contributed by atoms with Crippen molar-refractivity contribution >= 4 is 42.6 Å². The number of thiazole rings is 1. The van der Waals surface area contributed by atoms with Crippen LogP contribution in [0.15, 0.2) is 59.5 Å². The second-order valence-corrected chi connectivity index (χ2v) is 9.22. The lowest BCUT2D eigenvalue weighted by Crippen LogP contribution is -2.41. The molecule has 8 heteroatoms. The van der Waals surface area contributed by atoms with Gasteiger partial charge in [-0.3, -0.25) is 4.79 Å². The number of nitrogens with one attached hydrogen (secondary N) is 1. The largest absolute Gasteiger partial charge is 0.355 e. The number of rotatable bonds is 9. The molecule has 0 atom stereocenters. The second-order valence-electron chi connectivity index (χ2n) is 6.35. The van der Waals surface area contributed by atoms with Crippen LogP contribution in [0.1, 0.15) is 26.2 Å². The maximum absolute atomic E-state index is 13.2. The molecule has 0 radical (unpaired) electrons. The molecule has 0 aliphatic carbocycles. The first-order valence-corrected chi connectivity index (χ1v) is 11.5. The van der Waals surface area contributed by atoms with Gasteiger partial charge in [0, 0.05) is 6.54 Å². The Balaban J connectivity index is 1.91. The number of unbranched alkanes of at least 4 members (excludes halogenated alkanes) is 2. The summed E-state index contributed by atoms with van der Waals surface area (Å²) >= 11 is 1.26. The Hall–Kier alpha value is -2.45. The summed E-state index contributed by atoms with van der Waals surface area (Å²) in [5, 5.41) is 3.09. The third-order valence-electron chi connectivity index (χ3n) is 4.22. The van der Waals surface area contributed by atoms with Gasteiger partial charge in [0.25, 0.3) is 10.0 Å². The van der Waals surface area contributed by atoms with Crippen molar-refractivity contribution in [2.45, 2.75) is 31.1 Å². The highest BCUT2D eigenvalue weighted by Crippen LogP contribution is 2.32. The number of sulfonamides is 1. The van der Waals surface area contributed by atoms with Crippen LogP contribution in [0.3, 0.4) is 0 Å². The van der Waals surface area contributed by atoms with E-state index in [0.717, 1.165) is 28.3 Å². The number of aromatic nitrogens is 1. The molecule has 0 aliphatic rings. The summed E-state index contributed by atoms with van der Waals surface area (Å²) in [5.74, 6) is -0.338. The lowest BCUT2D eigenvalue weighted by molar-refractivity contribution is -0.119. The monoisotopic (exact) mass is 417 g/mol. The lowest BCUT2D eigenvalue weighted by atomic mass is 10.2. The summed E-state index contributed by atoms with van der Waals surface area (Å²) in [7, 11) is -3.91. The molecule has 0 fully saturated rings. The molecule has 2 aromatic carbocycles. The van der Waals surface area contributed by atoms with E-state index in [1.165, 1.54) is 23.5 Å². The van der Waals surface area contributed by atoms with Crippen LogP contribution < -0.4 is 9.62 Å². The van der Waals surface area contributed by atoms with Crippen molar-refractivity contribution in [3.8, 4) is 0 Å². The first kappa shape index (κ1) is 20.3. The molecule has 0 saturated carbocycles. The number of hydrogen-bond donors (Lipinski definition) is 1. The molecule has 3 aromatic rings. The van der Waals surface area contributed by atoms with E-state index >= 15 is 0 Å². The fourth-order valence-corrected chi connectivity index (χ4v) is 5.30. The van der Waals surface area contributed by atoms with Gasteiger partial charge >= 0.3 is 0 Å². The maximum atomic E-state index is 13.2. The summed E-state index contributed by atoms with van der Waals surface area (Å²) in [6, 6.07) is 15.6. The van der Waals surface area contributed by atoms with Crippen LogP contribution in [0.4, 0.5) is 5.13 Å². The average Bonchev–Trinajstić information content (AvgIpc) is 3.13. The molecule has 6 nitrogen and oxygen atoms in total. The number of para-hydroxylation sites is 1. The van der Waals surface area contributed by atoms with Gasteiger partial charge in [-0.15, -0.1) is 0 Å². The molecule has 0 bridgehead atoms. The van der Waals surface area contributed by atoms with Crippen LogP contribution in [0.2, 0.25) is 0 Å². The third kappa shape index (κ3) is 4.69. The smallest absolute Gasteiger partial charge is 0.266 e. The van der Waals surface area contributed by atoms with E-state index in [1.807, 2.05) is 24.3 Å². The highest BCUT2D eigenvalue weighted by atomic mass is 32.2. The number of anilines is 1. The van der Waals surface area contributed by atoms with Crippen molar-refractivity contribution in [2.24, 2.45) is 0 Å². The molecule has 0 aliphatic heterocycles. The van der Waals surface area contributed by atoms with Crippen LogP contribution in [0.25, 0.3) is 10.2 Å². The SMILES string of the molecule is CCCCCNC(=O)CN(c1nc2ccccc2s1)S(=O)(=O)c1ccccc1. The van der Waals surface area contributed by atoms with Crippen molar-refractivity contribution in [3.63, 3.8) is 0 Å². The average molecular weight is 418 g/mol. The predicted molar refractivity (Wildman–Crippen MR) is 113 cm³/mol. The van der Waals surface area contributed by atoms with Crippen LogP contribution in [0.5, 0.6) is 0 Å². The van der Waals surface area contributed by atoms with Gasteiger partial charge in [0.1, 0.15) is 6.54 Å². The van der Waals surface area contributed by atoms with E-state index < -0.39 is 10.0 Å². The van der Waals surface area contributed by atoms with Crippen molar-refractivity contribution in [1.82, 2.24) is 10.3 Å². The summed E-state index contributed by atoms with van der Waals surface area (Å²) in [5.41, 5.74) is 0.708. The third-order valence-corrected chi connectivity index (χ3v) is 7.14. The van der Waals surface area contributed by atoms with Crippen molar-refractivity contribution in [1.29, 1.82) is 0 Å². The second kappa shape index (κ2) is 9.16. The molecule has 1 heterocycles. The Morgan fingerprint density at radius 2 is 1.79 bits per heavy atom. The topological polar surface area (TPSA) is 79.4 Å². The van der Waals surface area contributed by atoms with Gasteiger partial charge in [-0.2, -0.15) is 0 Å². The van der Waals surface area contributed by atoms with Crippen LogP contribution >= 0.6 is 11.3 Å². The van der Waals surface area contributed by atoms with Crippen LogP contribution in [0, 0.1) is 0 Å². The van der Waals surface area contributed by atoms with E-state index in [9.17, 15) is 13.2 Å². The molecule has 0 spiro atoms. The standard InChI is InChI=1S/C20H23N3O3S2/c1-2-3-9-14-21-19(24)15-23(28(25,26)16-10-5-4-6-11-16)20-22-17-12-7-8-13-18(17)27-20/h4-8,10-13H,2-3,9,14-15H2,1H3,(H,21,24). The number of hydrogen-bond acceptors (Lipinski definition) is 5. The molecule has 28 heavy (non-hydrogen) atoms. The molecular weight excluding hydrogens is 394 g/mol. The Labute approximate surface area is 169 Å². The van der Waals surface area contributed by atoms with E-state index in [0.29, 0.717) is 12.1 Å². The van der Waals surface area contributed by atoms with E-state index in [4.69, 9.17) is 0 Å². The highest BCUT2D eigenvalue weighted by Gasteiger charge is 2.29. The fourth-order valence-electron chi connectivity index (χ4n) is 2.73. The minimum Gasteiger partial charge on any atom is -0.355 e. The van der Waals surface area contributed by atoms with Gasteiger partial charge in [0.2, 0.25) is 11.0 Å². The number of benzene rings is 2. The zero-order valence-electron chi connectivity index (χ0n) is 15.7. The normalized spacial score (nSPS) is 11.5. The zero-order valence-corrected chi connectivity index (χ0v) is 17.3. The summed E-state index contributed by atoms with van der Waals surface area (Å²) in [6.07, 6.45) is 2.94. The van der Waals surface area contributed by atoms with E-state index in [-0.39, 0.29) is 22.5 Å². The first-order valence-electron chi connectivity index (χ1n) is 9.22. The van der Waals surface area contributed by atoms with Gasteiger partial charge in [-0.05, 0) is 30.7 Å². The van der Waals surface area contributed by atoms with E-state index in [2.05, 4.69) is 17.2 Å². The number of nitrogens with zero attached hydrogens (tertiary/aromatic N) is 2. The molecule has 148 valence electrons. The van der Waals surface area contributed by atoms with Gasteiger partial charge in [-0.25, -0.2) is 17.7 Å². The maximum Gasteiger partial charge on any atom is 0.266 e. The molecule has 1 N–H and O–H groups in total. The zero-order chi connectivity index (χ0) is 20.0. The van der Waals surface area contributed by atoms with E-state index in [1.54, 1.807) is 18.2 Å². The van der Waals surface area contributed by atoms with Crippen LogP contribution in [-0.2, 0) is 14.8 Å². The Morgan fingerprint density at radius 1 is 1.07 bits per heavy atom. The predicted octanol–water partition coefficient (Wildman–Crippen LogP) is 3.80. The Kier molecular flexibility index (Phi) is 6.64. The minimum atomic E-state index is -3.91. The van der Waals surface area contributed by atoms with Gasteiger partial charge in [0.15, 0.2) is 0 Å². The summed E-state index contributed by atoms with van der Waals surface area (Å²) in [4.78, 5) is 17.0. The van der Waals surface area contributed by atoms with Crippen LogP contribution in [-0.4, -0.2) is 32.4 Å². The number of fused-ring (bicyclic) bond motifs is 1. The summed E-state index contributed by atoms with van der Waals surface area (Å²) < 4.78 is 28.4. The molecular formula is C20H23N3O3S2. The first-order chi connectivity index (χ1) is 13.5. The van der Waals surface area contributed by atoms with Gasteiger partial charge in [-0.1, -0.05) is 61.4 Å². The lowest BCUT2D eigenvalue weighted by Gasteiger charge is -2.21. The Morgan fingerprint density at radius 3 is 2.50 bits per heavy atom. The van der Waals surface area contributed by atoms with Crippen molar-refractivity contribution in [2.75, 3.05) is 17.4 Å². The number of carbonyl (C=O) groups excluding carboxylic acids is 1.